The second-order valence-corrected chi connectivity index (χ2v) is 9.43. The summed E-state index contributed by atoms with van der Waals surface area (Å²) in [5, 5.41) is 11.7. The van der Waals surface area contributed by atoms with E-state index in [2.05, 4.69) is 34.2 Å². The molecule has 4 rings (SSSR count). The van der Waals surface area contributed by atoms with Crippen LogP contribution in [0.5, 0.6) is 5.75 Å². The maximum atomic E-state index is 12.3. The SMILES string of the molecule is COc1ccc2ncc(Cl)c(CCCC3(C(=O)O)CCN(CC=Cc4ccccc4)CC3)c2c1. The maximum absolute atomic E-state index is 12.3. The number of likely N-dealkylation sites (tertiary alicyclic amines) is 1. The van der Waals surface area contributed by atoms with Gasteiger partial charge in [0, 0.05) is 18.1 Å². The topological polar surface area (TPSA) is 62.7 Å². The molecule has 0 bridgehead atoms. The zero-order valence-corrected chi connectivity index (χ0v) is 20.3. The van der Waals surface area contributed by atoms with Crippen molar-refractivity contribution in [1.82, 2.24) is 9.88 Å². The number of carbonyl (C=O) groups is 1. The predicted molar refractivity (Wildman–Crippen MR) is 137 cm³/mol. The number of benzene rings is 2. The van der Waals surface area contributed by atoms with Crippen LogP contribution in [0, 0.1) is 5.41 Å². The van der Waals surface area contributed by atoms with Crippen molar-refractivity contribution < 1.29 is 14.6 Å². The molecule has 34 heavy (non-hydrogen) atoms. The molecule has 6 heteroatoms. The number of pyridine rings is 1. The molecule has 3 aromatic rings. The van der Waals surface area contributed by atoms with Crippen molar-refractivity contribution in [3.8, 4) is 5.75 Å². The average molecular weight is 479 g/mol. The van der Waals surface area contributed by atoms with Gasteiger partial charge in [0.1, 0.15) is 5.75 Å². The van der Waals surface area contributed by atoms with Gasteiger partial charge in [0.05, 0.1) is 23.1 Å². The van der Waals surface area contributed by atoms with Gasteiger partial charge >= 0.3 is 5.97 Å². The molecule has 0 aliphatic carbocycles. The Morgan fingerprint density at radius 3 is 2.68 bits per heavy atom. The number of aliphatic carboxylic acids is 1. The second kappa shape index (κ2) is 11.0. The number of aromatic nitrogens is 1. The summed E-state index contributed by atoms with van der Waals surface area (Å²) in [4.78, 5) is 19.1. The predicted octanol–water partition coefficient (Wildman–Crippen LogP) is 6.10. The van der Waals surface area contributed by atoms with Gasteiger partial charge in [-0.25, -0.2) is 0 Å². The summed E-state index contributed by atoms with van der Waals surface area (Å²) >= 11 is 6.50. The first kappa shape index (κ1) is 24.2. The molecule has 5 nitrogen and oxygen atoms in total. The number of fused-ring (bicyclic) bond motifs is 1. The Morgan fingerprint density at radius 2 is 1.97 bits per heavy atom. The third-order valence-corrected chi connectivity index (χ3v) is 7.28. The molecule has 0 atom stereocenters. The van der Waals surface area contributed by atoms with Crippen LogP contribution < -0.4 is 4.74 Å². The van der Waals surface area contributed by atoms with Gasteiger partial charge in [0.15, 0.2) is 0 Å². The lowest BCUT2D eigenvalue weighted by molar-refractivity contribution is -0.152. The number of piperidine rings is 1. The van der Waals surface area contributed by atoms with Crippen molar-refractivity contribution in [3.05, 3.63) is 77.0 Å². The minimum Gasteiger partial charge on any atom is -0.497 e. The quantitative estimate of drug-likeness (QED) is 0.402. The first-order valence-corrected chi connectivity index (χ1v) is 12.2. The molecule has 0 unspecified atom stereocenters. The summed E-state index contributed by atoms with van der Waals surface area (Å²) in [5.74, 6) is 0.0767. The minimum atomic E-state index is -0.681. The molecule has 0 radical (unpaired) electrons. The van der Waals surface area contributed by atoms with Crippen LogP contribution in [0.4, 0.5) is 0 Å². The third-order valence-electron chi connectivity index (χ3n) is 6.96. The Kier molecular flexibility index (Phi) is 7.86. The molecule has 1 saturated heterocycles. The number of nitrogens with zero attached hydrogens (tertiary/aromatic N) is 2. The smallest absolute Gasteiger partial charge is 0.309 e. The number of ether oxygens (including phenoxy) is 1. The molecule has 2 heterocycles. The summed E-state index contributed by atoms with van der Waals surface area (Å²) in [7, 11) is 1.64. The van der Waals surface area contributed by atoms with E-state index in [0.717, 1.165) is 48.3 Å². The van der Waals surface area contributed by atoms with Crippen LogP contribution in [0.15, 0.2) is 60.8 Å². The van der Waals surface area contributed by atoms with Crippen LogP contribution in [0.1, 0.15) is 36.8 Å². The van der Waals surface area contributed by atoms with Crippen molar-refractivity contribution in [1.29, 1.82) is 0 Å². The lowest BCUT2D eigenvalue weighted by atomic mass is 9.74. The number of aryl methyl sites for hydroxylation is 1. The Bertz CT molecular complexity index is 1160. The van der Waals surface area contributed by atoms with Crippen LogP contribution in [0.3, 0.4) is 0 Å². The largest absolute Gasteiger partial charge is 0.497 e. The molecule has 178 valence electrons. The fourth-order valence-corrected chi connectivity index (χ4v) is 5.07. The molecule has 1 N–H and O–H groups in total. The third kappa shape index (κ3) is 5.60. The highest BCUT2D eigenvalue weighted by Gasteiger charge is 2.40. The molecule has 1 aliphatic heterocycles. The number of hydrogen-bond donors (Lipinski definition) is 1. The van der Waals surface area contributed by atoms with Crippen molar-refractivity contribution >= 4 is 34.5 Å². The van der Waals surface area contributed by atoms with E-state index in [1.54, 1.807) is 13.3 Å². The number of halogens is 1. The highest BCUT2D eigenvalue weighted by atomic mass is 35.5. The minimum absolute atomic E-state index is 0.616. The molecule has 1 aromatic heterocycles. The lowest BCUT2D eigenvalue weighted by Crippen LogP contribution is -2.44. The number of methoxy groups -OCH3 is 1. The first-order valence-electron chi connectivity index (χ1n) is 11.8. The van der Waals surface area contributed by atoms with E-state index in [1.807, 2.05) is 36.4 Å². The Morgan fingerprint density at radius 1 is 1.21 bits per heavy atom. The van der Waals surface area contributed by atoms with E-state index in [1.165, 1.54) is 5.56 Å². The molecule has 0 amide bonds. The zero-order valence-electron chi connectivity index (χ0n) is 19.5. The summed E-state index contributed by atoms with van der Waals surface area (Å²) in [6, 6.07) is 16.0. The van der Waals surface area contributed by atoms with Crippen molar-refractivity contribution in [2.45, 2.75) is 32.1 Å². The summed E-state index contributed by atoms with van der Waals surface area (Å²) < 4.78 is 5.37. The van der Waals surface area contributed by atoms with Crippen LogP contribution in [0.25, 0.3) is 17.0 Å². The van der Waals surface area contributed by atoms with Crippen LogP contribution in [-0.4, -0.2) is 47.7 Å². The summed E-state index contributed by atoms with van der Waals surface area (Å²) in [6.45, 7) is 2.42. The van der Waals surface area contributed by atoms with Gasteiger partial charge in [-0.15, -0.1) is 0 Å². The van der Waals surface area contributed by atoms with Gasteiger partial charge in [0.2, 0.25) is 0 Å². The number of carboxylic acid groups (broad SMARTS) is 1. The van der Waals surface area contributed by atoms with E-state index in [9.17, 15) is 9.90 Å². The number of carboxylic acids is 1. The highest BCUT2D eigenvalue weighted by Crippen LogP contribution is 2.38. The first-order chi connectivity index (χ1) is 16.5. The van der Waals surface area contributed by atoms with Crippen molar-refractivity contribution in [2.75, 3.05) is 26.7 Å². The molecular weight excluding hydrogens is 448 g/mol. The van der Waals surface area contributed by atoms with Gasteiger partial charge in [-0.05, 0) is 74.5 Å². The van der Waals surface area contributed by atoms with Gasteiger partial charge in [0.25, 0.3) is 0 Å². The zero-order chi connectivity index (χ0) is 24.0. The Labute approximate surface area is 206 Å². The van der Waals surface area contributed by atoms with E-state index in [0.29, 0.717) is 30.7 Å². The van der Waals surface area contributed by atoms with Gasteiger partial charge < -0.3 is 9.84 Å². The number of hydrogen-bond acceptors (Lipinski definition) is 4. The second-order valence-electron chi connectivity index (χ2n) is 9.02. The van der Waals surface area contributed by atoms with Crippen molar-refractivity contribution in [2.24, 2.45) is 5.41 Å². The molecular formula is C28H31ClN2O3. The number of rotatable bonds is 9. The fourth-order valence-electron chi connectivity index (χ4n) is 4.82. The summed E-state index contributed by atoms with van der Waals surface area (Å²) in [5.41, 5.74) is 2.38. The average Bonchev–Trinajstić information content (AvgIpc) is 2.86. The van der Waals surface area contributed by atoms with Gasteiger partial charge in [-0.3, -0.25) is 14.7 Å². The van der Waals surface area contributed by atoms with E-state index in [-0.39, 0.29) is 0 Å². The molecule has 0 spiro atoms. The van der Waals surface area contributed by atoms with Gasteiger partial charge in [-0.1, -0.05) is 54.1 Å². The van der Waals surface area contributed by atoms with Crippen LogP contribution in [0.2, 0.25) is 5.02 Å². The molecule has 2 aromatic carbocycles. The monoisotopic (exact) mass is 478 g/mol. The van der Waals surface area contributed by atoms with Crippen LogP contribution >= 0.6 is 11.6 Å². The lowest BCUT2D eigenvalue weighted by Gasteiger charge is -2.38. The highest BCUT2D eigenvalue weighted by molar-refractivity contribution is 6.32. The molecule has 1 fully saturated rings. The summed E-state index contributed by atoms with van der Waals surface area (Å²) in [6.07, 6.45) is 9.41. The standard InChI is InChI=1S/C28H31ClN2O3/c1-34-22-11-12-26-24(19-22)23(25(29)20-30-26)10-5-13-28(27(32)33)14-17-31(18-15-28)16-6-9-21-7-3-2-4-8-21/h2-4,6-9,11-12,19-20H,5,10,13-18H2,1H3,(H,32,33). The van der Waals surface area contributed by atoms with E-state index >= 15 is 0 Å². The normalized spacial score (nSPS) is 16.2. The molecule has 0 saturated carbocycles. The van der Waals surface area contributed by atoms with Gasteiger partial charge in [-0.2, -0.15) is 0 Å². The van der Waals surface area contributed by atoms with E-state index in [4.69, 9.17) is 16.3 Å². The Hall–Kier alpha value is -2.89. The maximum Gasteiger partial charge on any atom is 0.309 e. The van der Waals surface area contributed by atoms with E-state index < -0.39 is 11.4 Å². The Balaban J connectivity index is 1.37. The fraction of sp³-hybridized carbons (Fsp3) is 0.357. The van der Waals surface area contributed by atoms with Crippen molar-refractivity contribution in [3.63, 3.8) is 0 Å². The molecule has 1 aliphatic rings. The van der Waals surface area contributed by atoms with Crippen LogP contribution in [-0.2, 0) is 11.2 Å².